The summed E-state index contributed by atoms with van der Waals surface area (Å²) < 4.78 is 0.988. The quantitative estimate of drug-likeness (QED) is 0.871. The molecule has 1 aromatic rings. The maximum atomic E-state index is 8.62. The molecule has 0 saturated heterocycles. The molecular formula is C11H19BrN2O. The first kappa shape index (κ1) is 12.7. The average Bonchev–Trinajstić information content (AvgIpc) is 2.72. The van der Waals surface area contributed by atoms with Crippen molar-refractivity contribution >= 4 is 15.9 Å². The van der Waals surface area contributed by atoms with Crippen LogP contribution < -0.4 is 0 Å². The Balaban J connectivity index is 0.000000162. The molecule has 1 heterocycles. The predicted octanol–water partition coefficient (Wildman–Crippen LogP) is 3.12. The van der Waals surface area contributed by atoms with Crippen molar-refractivity contribution < 1.29 is 5.11 Å². The van der Waals surface area contributed by atoms with Crippen molar-refractivity contribution in [3.63, 3.8) is 0 Å². The molecule has 0 aromatic carbocycles. The standard InChI is InChI=1S/C8H16O.C3H3BrN2/c9-7-6-8-4-2-1-3-5-8;4-3-1-5-6-2-3/h8-9H,1-7H2;1-2H,(H,5,6). The molecule has 1 saturated carbocycles. The summed E-state index contributed by atoms with van der Waals surface area (Å²) in [5, 5.41) is 14.9. The molecule has 86 valence electrons. The van der Waals surface area contributed by atoms with E-state index in [1.54, 1.807) is 12.4 Å². The van der Waals surface area contributed by atoms with Crippen LogP contribution in [0.4, 0.5) is 0 Å². The van der Waals surface area contributed by atoms with Gasteiger partial charge in [0, 0.05) is 12.8 Å². The Kier molecular flexibility index (Phi) is 6.68. The second kappa shape index (κ2) is 7.88. The van der Waals surface area contributed by atoms with Gasteiger partial charge < -0.3 is 5.11 Å². The molecular weight excluding hydrogens is 256 g/mol. The minimum atomic E-state index is 0.394. The molecule has 0 atom stereocenters. The summed E-state index contributed by atoms with van der Waals surface area (Å²) in [7, 11) is 0. The zero-order valence-corrected chi connectivity index (χ0v) is 10.5. The first-order chi connectivity index (χ1) is 7.33. The van der Waals surface area contributed by atoms with E-state index in [1.165, 1.54) is 32.1 Å². The Hall–Kier alpha value is -0.350. The highest BCUT2D eigenvalue weighted by Crippen LogP contribution is 2.25. The third-order valence-electron chi connectivity index (χ3n) is 2.73. The van der Waals surface area contributed by atoms with E-state index in [0.29, 0.717) is 6.61 Å². The minimum Gasteiger partial charge on any atom is -0.396 e. The van der Waals surface area contributed by atoms with Crippen molar-refractivity contribution in [1.29, 1.82) is 0 Å². The summed E-state index contributed by atoms with van der Waals surface area (Å²) in [6.07, 6.45) is 11.4. The summed E-state index contributed by atoms with van der Waals surface area (Å²) in [4.78, 5) is 0. The molecule has 1 aliphatic carbocycles. The number of rotatable bonds is 2. The molecule has 0 aliphatic heterocycles. The lowest BCUT2D eigenvalue weighted by atomic mass is 9.87. The number of H-pyrrole nitrogens is 1. The molecule has 2 rings (SSSR count). The summed E-state index contributed by atoms with van der Waals surface area (Å²) >= 11 is 3.19. The molecule has 4 heteroatoms. The number of aromatic nitrogens is 2. The van der Waals surface area contributed by atoms with Gasteiger partial charge in [0.05, 0.1) is 10.7 Å². The summed E-state index contributed by atoms with van der Waals surface area (Å²) in [6.45, 7) is 0.394. The Morgan fingerprint density at radius 1 is 1.40 bits per heavy atom. The Morgan fingerprint density at radius 2 is 2.13 bits per heavy atom. The van der Waals surface area contributed by atoms with Gasteiger partial charge in [0.15, 0.2) is 0 Å². The fourth-order valence-electron chi connectivity index (χ4n) is 1.89. The van der Waals surface area contributed by atoms with Gasteiger partial charge in [-0.05, 0) is 28.3 Å². The van der Waals surface area contributed by atoms with Gasteiger partial charge >= 0.3 is 0 Å². The zero-order valence-electron chi connectivity index (χ0n) is 8.95. The van der Waals surface area contributed by atoms with Crippen LogP contribution in [-0.2, 0) is 0 Å². The van der Waals surface area contributed by atoms with Crippen LogP contribution in [0.15, 0.2) is 16.9 Å². The molecule has 0 radical (unpaired) electrons. The normalized spacial score (nSPS) is 16.9. The van der Waals surface area contributed by atoms with Crippen LogP contribution in [0.1, 0.15) is 38.5 Å². The molecule has 0 unspecified atom stereocenters. The van der Waals surface area contributed by atoms with Gasteiger partial charge in [0.1, 0.15) is 0 Å². The van der Waals surface area contributed by atoms with Crippen LogP contribution in [0.25, 0.3) is 0 Å². The fourth-order valence-corrected chi connectivity index (χ4v) is 2.10. The van der Waals surface area contributed by atoms with Crippen LogP contribution in [0.2, 0.25) is 0 Å². The monoisotopic (exact) mass is 274 g/mol. The molecule has 0 spiro atoms. The molecule has 15 heavy (non-hydrogen) atoms. The second-order valence-electron chi connectivity index (χ2n) is 3.93. The van der Waals surface area contributed by atoms with E-state index in [0.717, 1.165) is 16.8 Å². The Morgan fingerprint density at radius 3 is 2.53 bits per heavy atom. The molecule has 3 nitrogen and oxygen atoms in total. The van der Waals surface area contributed by atoms with Crippen LogP contribution >= 0.6 is 15.9 Å². The SMILES string of the molecule is Brc1cn[nH]c1.OCCC1CCCCC1. The van der Waals surface area contributed by atoms with E-state index < -0.39 is 0 Å². The van der Waals surface area contributed by atoms with Gasteiger partial charge in [0.2, 0.25) is 0 Å². The van der Waals surface area contributed by atoms with Gasteiger partial charge in [-0.15, -0.1) is 0 Å². The van der Waals surface area contributed by atoms with Crippen molar-refractivity contribution in [2.24, 2.45) is 5.92 Å². The molecule has 0 amide bonds. The molecule has 1 aromatic heterocycles. The van der Waals surface area contributed by atoms with Gasteiger partial charge in [-0.3, -0.25) is 5.10 Å². The van der Waals surface area contributed by atoms with Crippen LogP contribution in [0.5, 0.6) is 0 Å². The van der Waals surface area contributed by atoms with E-state index in [2.05, 4.69) is 26.1 Å². The number of aliphatic hydroxyl groups is 1. The lowest BCUT2D eigenvalue weighted by Crippen LogP contribution is -2.07. The van der Waals surface area contributed by atoms with E-state index >= 15 is 0 Å². The van der Waals surface area contributed by atoms with Gasteiger partial charge in [-0.1, -0.05) is 32.1 Å². The second-order valence-corrected chi connectivity index (χ2v) is 4.85. The third kappa shape index (κ3) is 5.95. The molecule has 1 fully saturated rings. The van der Waals surface area contributed by atoms with Crippen molar-refractivity contribution in [2.75, 3.05) is 6.61 Å². The number of nitrogens with one attached hydrogen (secondary N) is 1. The van der Waals surface area contributed by atoms with E-state index in [4.69, 9.17) is 5.11 Å². The maximum absolute atomic E-state index is 8.62. The number of aromatic amines is 1. The number of halogens is 1. The third-order valence-corrected chi connectivity index (χ3v) is 3.16. The van der Waals surface area contributed by atoms with Crippen molar-refractivity contribution in [3.05, 3.63) is 16.9 Å². The van der Waals surface area contributed by atoms with Gasteiger partial charge in [-0.2, -0.15) is 5.10 Å². The van der Waals surface area contributed by atoms with E-state index in [1.807, 2.05) is 0 Å². The number of nitrogens with zero attached hydrogens (tertiary/aromatic N) is 1. The lowest BCUT2D eigenvalue weighted by molar-refractivity contribution is 0.230. The number of hydrogen-bond acceptors (Lipinski definition) is 2. The zero-order chi connectivity index (χ0) is 10.9. The molecule has 1 aliphatic rings. The largest absolute Gasteiger partial charge is 0.396 e. The smallest absolute Gasteiger partial charge is 0.0629 e. The minimum absolute atomic E-state index is 0.394. The Bertz CT molecular complexity index is 230. The maximum Gasteiger partial charge on any atom is 0.0629 e. The van der Waals surface area contributed by atoms with Crippen LogP contribution in [-0.4, -0.2) is 21.9 Å². The van der Waals surface area contributed by atoms with Crippen LogP contribution in [0.3, 0.4) is 0 Å². The van der Waals surface area contributed by atoms with Crippen molar-refractivity contribution in [2.45, 2.75) is 38.5 Å². The van der Waals surface area contributed by atoms with Gasteiger partial charge in [-0.25, -0.2) is 0 Å². The average molecular weight is 275 g/mol. The van der Waals surface area contributed by atoms with Crippen molar-refractivity contribution in [3.8, 4) is 0 Å². The molecule has 0 bridgehead atoms. The highest BCUT2D eigenvalue weighted by molar-refractivity contribution is 9.10. The number of hydrogen-bond donors (Lipinski definition) is 2. The first-order valence-corrected chi connectivity index (χ1v) is 6.37. The van der Waals surface area contributed by atoms with E-state index in [9.17, 15) is 0 Å². The highest BCUT2D eigenvalue weighted by atomic mass is 79.9. The Labute approximate surface area is 99.4 Å². The number of aliphatic hydroxyl groups excluding tert-OH is 1. The summed E-state index contributed by atoms with van der Waals surface area (Å²) in [6, 6.07) is 0. The molecule has 2 N–H and O–H groups in total. The summed E-state index contributed by atoms with van der Waals surface area (Å²) in [5.74, 6) is 0.851. The highest BCUT2D eigenvalue weighted by Gasteiger charge is 2.11. The van der Waals surface area contributed by atoms with Crippen LogP contribution in [0, 0.1) is 5.92 Å². The topological polar surface area (TPSA) is 48.9 Å². The summed E-state index contributed by atoms with van der Waals surface area (Å²) in [5.41, 5.74) is 0. The fraction of sp³-hybridized carbons (Fsp3) is 0.727. The predicted molar refractivity (Wildman–Crippen MR) is 64.6 cm³/mol. The van der Waals surface area contributed by atoms with Crippen molar-refractivity contribution in [1.82, 2.24) is 10.2 Å². The van der Waals surface area contributed by atoms with Gasteiger partial charge in [0.25, 0.3) is 0 Å². The lowest BCUT2D eigenvalue weighted by Gasteiger charge is -2.19. The first-order valence-electron chi connectivity index (χ1n) is 5.58. The van der Waals surface area contributed by atoms with E-state index in [-0.39, 0.29) is 0 Å².